The Bertz CT molecular complexity index is 486. The van der Waals surface area contributed by atoms with E-state index >= 15 is 0 Å². The molecule has 0 unspecified atom stereocenters. The molecule has 1 saturated heterocycles. The van der Waals surface area contributed by atoms with Crippen LogP contribution < -0.4 is 0 Å². The van der Waals surface area contributed by atoms with Crippen LogP contribution in [-0.2, 0) is 10.2 Å². The molecule has 1 aliphatic rings. The molecule has 4 heteroatoms. The second-order valence-corrected chi connectivity index (χ2v) is 7.39. The normalized spacial score (nSPS) is 17.1. The Morgan fingerprint density at radius 2 is 2.05 bits per heavy atom. The third kappa shape index (κ3) is 4.22. The number of ether oxygens (including phenoxy) is 1. The van der Waals surface area contributed by atoms with Crippen molar-refractivity contribution in [2.75, 3.05) is 32.8 Å². The van der Waals surface area contributed by atoms with Gasteiger partial charge in [-0.25, -0.2) is 0 Å². The summed E-state index contributed by atoms with van der Waals surface area (Å²) in [5, 5.41) is 0. The van der Waals surface area contributed by atoms with Crippen LogP contribution in [0, 0.1) is 11.8 Å². The number of morpholine rings is 1. The van der Waals surface area contributed by atoms with E-state index in [2.05, 4.69) is 43.6 Å². The zero-order valence-corrected chi connectivity index (χ0v) is 13.3. The van der Waals surface area contributed by atoms with Gasteiger partial charge in [0, 0.05) is 18.0 Å². The maximum Gasteiger partial charge on any atom is 0.109 e. The van der Waals surface area contributed by atoms with Crippen LogP contribution in [0.25, 0.3) is 0 Å². The van der Waals surface area contributed by atoms with Gasteiger partial charge in [-0.2, -0.15) is 0 Å². The largest absolute Gasteiger partial charge is 0.379 e. The highest BCUT2D eigenvalue weighted by atomic mass is 35.5. The Morgan fingerprint density at radius 1 is 1.37 bits per heavy atom. The fourth-order valence-electron chi connectivity index (χ4n) is 1.83. The summed E-state index contributed by atoms with van der Waals surface area (Å²) in [7, 11) is 0. The maximum absolute atomic E-state index is 6.25. The minimum absolute atomic E-state index is 0.137. The highest BCUT2D eigenvalue weighted by Crippen LogP contribution is 2.34. The zero-order valence-electron chi connectivity index (χ0n) is 11.8. The lowest BCUT2D eigenvalue weighted by atomic mass is 9.94. The lowest BCUT2D eigenvalue weighted by molar-refractivity contribution is 0.0443. The average Bonchev–Trinajstić information content (AvgIpc) is 2.72. The number of rotatable bonds is 1. The molecule has 0 atom stereocenters. The van der Waals surface area contributed by atoms with Crippen LogP contribution in [0.2, 0.25) is 4.34 Å². The summed E-state index contributed by atoms with van der Waals surface area (Å²) in [6, 6.07) is 2.12. The van der Waals surface area contributed by atoms with Crippen molar-refractivity contribution in [3.63, 3.8) is 0 Å². The zero-order chi connectivity index (χ0) is 13.9. The van der Waals surface area contributed by atoms with Gasteiger partial charge in [0.2, 0.25) is 0 Å². The van der Waals surface area contributed by atoms with Gasteiger partial charge >= 0.3 is 0 Å². The van der Waals surface area contributed by atoms with Gasteiger partial charge in [-0.1, -0.05) is 44.2 Å². The third-order valence-corrected chi connectivity index (χ3v) is 4.84. The molecule has 0 aliphatic carbocycles. The standard InChI is InChI=1S/C15H20ClNOS/c1-15(2,3)13-11-12(14(16)19-13)5-4-6-17-7-9-18-10-8-17/h11H,6-10H2,1-3H3. The summed E-state index contributed by atoms with van der Waals surface area (Å²) in [6.45, 7) is 10.9. The Balaban J connectivity index is 2.01. The van der Waals surface area contributed by atoms with E-state index < -0.39 is 0 Å². The van der Waals surface area contributed by atoms with Gasteiger partial charge in [0.25, 0.3) is 0 Å². The van der Waals surface area contributed by atoms with Gasteiger partial charge in [-0.05, 0) is 11.5 Å². The predicted molar refractivity (Wildman–Crippen MR) is 82.2 cm³/mol. The molecule has 1 aliphatic heterocycles. The van der Waals surface area contributed by atoms with E-state index in [-0.39, 0.29) is 5.41 Å². The number of thiophene rings is 1. The maximum atomic E-state index is 6.25. The smallest absolute Gasteiger partial charge is 0.109 e. The van der Waals surface area contributed by atoms with Crippen molar-refractivity contribution in [1.29, 1.82) is 0 Å². The van der Waals surface area contributed by atoms with Gasteiger partial charge in [0.1, 0.15) is 4.34 Å². The van der Waals surface area contributed by atoms with Crippen molar-refractivity contribution >= 4 is 22.9 Å². The van der Waals surface area contributed by atoms with Crippen molar-refractivity contribution in [2.45, 2.75) is 26.2 Å². The van der Waals surface area contributed by atoms with Gasteiger partial charge in [0.15, 0.2) is 0 Å². The predicted octanol–water partition coefficient (Wildman–Crippen LogP) is 3.38. The molecule has 0 radical (unpaired) electrons. The SMILES string of the molecule is CC(C)(C)c1cc(C#CCN2CCOCC2)c(Cl)s1. The van der Waals surface area contributed by atoms with Crippen LogP contribution in [0.4, 0.5) is 0 Å². The van der Waals surface area contributed by atoms with Crippen molar-refractivity contribution in [3.05, 3.63) is 20.8 Å². The first kappa shape index (κ1) is 14.9. The van der Waals surface area contributed by atoms with E-state index in [1.165, 1.54) is 4.88 Å². The molecule has 1 aromatic rings. The Kier molecular flexibility index (Phi) is 4.92. The Labute approximate surface area is 124 Å². The lowest BCUT2D eigenvalue weighted by Crippen LogP contribution is -2.36. The molecule has 2 nitrogen and oxygen atoms in total. The molecule has 2 heterocycles. The number of nitrogens with zero attached hydrogens (tertiary/aromatic N) is 1. The van der Waals surface area contributed by atoms with Crippen LogP contribution in [-0.4, -0.2) is 37.7 Å². The molecular formula is C15H20ClNOS. The number of hydrogen-bond acceptors (Lipinski definition) is 3. The Hall–Kier alpha value is -0.530. The summed E-state index contributed by atoms with van der Waals surface area (Å²) in [4.78, 5) is 3.59. The quantitative estimate of drug-likeness (QED) is 0.737. The van der Waals surface area contributed by atoms with Crippen LogP contribution in [0.3, 0.4) is 0 Å². The van der Waals surface area contributed by atoms with E-state index in [9.17, 15) is 0 Å². The van der Waals surface area contributed by atoms with E-state index in [0.29, 0.717) is 0 Å². The van der Waals surface area contributed by atoms with Crippen LogP contribution in [0.5, 0.6) is 0 Å². The molecule has 0 N–H and O–H groups in total. The van der Waals surface area contributed by atoms with Gasteiger partial charge in [-0.15, -0.1) is 11.3 Å². The molecule has 1 aromatic heterocycles. The van der Waals surface area contributed by atoms with E-state index in [0.717, 1.165) is 42.7 Å². The molecule has 0 saturated carbocycles. The molecule has 0 amide bonds. The minimum atomic E-state index is 0.137. The molecule has 104 valence electrons. The molecule has 0 aromatic carbocycles. The molecule has 2 rings (SSSR count). The fraction of sp³-hybridized carbons (Fsp3) is 0.600. The second-order valence-electron chi connectivity index (χ2n) is 5.74. The summed E-state index contributed by atoms with van der Waals surface area (Å²) in [5.74, 6) is 6.42. The van der Waals surface area contributed by atoms with E-state index in [1.807, 2.05) is 0 Å². The van der Waals surface area contributed by atoms with Crippen molar-refractivity contribution in [3.8, 4) is 11.8 Å². The molecule has 1 fully saturated rings. The monoisotopic (exact) mass is 297 g/mol. The van der Waals surface area contributed by atoms with Crippen molar-refractivity contribution < 1.29 is 4.74 Å². The van der Waals surface area contributed by atoms with Crippen LogP contribution >= 0.6 is 22.9 Å². The lowest BCUT2D eigenvalue weighted by Gasteiger charge is -2.24. The first-order chi connectivity index (χ1) is 8.97. The van der Waals surface area contributed by atoms with Crippen molar-refractivity contribution in [2.24, 2.45) is 0 Å². The van der Waals surface area contributed by atoms with Crippen LogP contribution in [0.1, 0.15) is 31.2 Å². The molecule has 0 bridgehead atoms. The van der Waals surface area contributed by atoms with E-state index in [4.69, 9.17) is 16.3 Å². The van der Waals surface area contributed by atoms with Gasteiger partial charge in [0.05, 0.1) is 25.3 Å². The van der Waals surface area contributed by atoms with Crippen molar-refractivity contribution in [1.82, 2.24) is 4.90 Å². The summed E-state index contributed by atoms with van der Waals surface area (Å²) in [6.07, 6.45) is 0. The average molecular weight is 298 g/mol. The minimum Gasteiger partial charge on any atom is -0.379 e. The second kappa shape index (κ2) is 6.28. The Morgan fingerprint density at radius 3 is 2.63 bits per heavy atom. The summed E-state index contributed by atoms with van der Waals surface area (Å²) >= 11 is 7.89. The summed E-state index contributed by atoms with van der Waals surface area (Å²) < 4.78 is 6.12. The highest BCUT2D eigenvalue weighted by molar-refractivity contribution is 7.16. The molecule has 0 spiro atoms. The fourth-order valence-corrected chi connectivity index (χ4v) is 3.08. The molecular weight excluding hydrogens is 278 g/mol. The summed E-state index contributed by atoms with van der Waals surface area (Å²) in [5.41, 5.74) is 1.10. The van der Waals surface area contributed by atoms with E-state index in [1.54, 1.807) is 11.3 Å². The first-order valence-electron chi connectivity index (χ1n) is 6.55. The van der Waals surface area contributed by atoms with Crippen LogP contribution in [0.15, 0.2) is 6.07 Å². The number of hydrogen-bond donors (Lipinski definition) is 0. The van der Waals surface area contributed by atoms with Gasteiger partial charge < -0.3 is 4.74 Å². The molecule has 19 heavy (non-hydrogen) atoms. The topological polar surface area (TPSA) is 12.5 Å². The number of halogens is 1. The van der Waals surface area contributed by atoms with Gasteiger partial charge in [-0.3, -0.25) is 4.90 Å². The first-order valence-corrected chi connectivity index (χ1v) is 7.75. The highest BCUT2D eigenvalue weighted by Gasteiger charge is 2.18. The third-order valence-electron chi connectivity index (χ3n) is 3.06.